The van der Waals surface area contributed by atoms with E-state index in [1.807, 2.05) is 6.92 Å². The van der Waals surface area contributed by atoms with Crippen molar-refractivity contribution in [1.29, 1.82) is 0 Å². The van der Waals surface area contributed by atoms with Gasteiger partial charge in [-0.1, -0.05) is 23.1 Å². The van der Waals surface area contributed by atoms with E-state index in [2.05, 4.69) is 20.5 Å². The number of aryl methyl sites for hydroxylation is 1. The van der Waals surface area contributed by atoms with Crippen molar-refractivity contribution in [2.45, 2.75) is 29.1 Å². The number of hydrogen-bond donors (Lipinski definition) is 3. The lowest BCUT2D eigenvalue weighted by molar-refractivity contribution is -0.150. The van der Waals surface area contributed by atoms with Gasteiger partial charge in [-0.15, -0.1) is 33.3 Å². The molecule has 29 heavy (non-hydrogen) atoms. The molecular weight excluding hydrogens is 456 g/mol. The minimum absolute atomic E-state index is 0.00793. The van der Waals surface area contributed by atoms with Crippen LogP contribution in [-0.4, -0.2) is 60.1 Å². The van der Waals surface area contributed by atoms with Crippen LogP contribution >= 0.6 is 46.2 Å². The maximum Gasteiger partial charge on any atom is 0.353 e. The smallest absolute Gasteiger partial charge is 0.353 e. The number of thioether (sulfide) groups is 2. The number of aliphatic carboxylic acids is 1. The second-order valence-corrected chi connectivity index (χ2v) is 10.6. The number of thiazole rings is 1. The summed E-state index contributed by atoms with van der Waals surface area (Å²) >= 11 is 5.20. The van der Waals surface area contributed by atoms with Gasteiger partial charge in [-0.25, -0.2) is 9.78 Å². The topological polar surface area (TPSA) is 151 Å². The van der Waals surface area contributed by atoms with E-state index in [1.165, 1.54) is 51.1 Å². The average Bonchev–Trinajstić information content (AvgIpc) is 3.26. The minimum Gasteiger partial charge on any atom is -0.477 e. The Labute approximate surface area is 181 Å². The molecule has 152 valence electrons. The number of anilines is 1. The summed E-state index contributed by atoms with van der Waals surface area (Å²) in [6.07, 6.45) is 0.00793. The first-order valence-corrected chi connectivity index (χ1v) is 11.8. The van der Waals surface area contributed by atoms with Crippen molar-refractivity contribution in [2.24, 2.45) is 0 Å². The van der Waals surface area contributed by atoms with E-state index in [1.54, 1.807) is 5.38 Å². The lowest BCUT2D eigenvalue weighted by atomic mass is 10.0. The monoisotopic (exact) mass is 470 g/mol. The molecule has 2 aliphatic rings. The first-order chi connectivity index (χ1) is 13.8. The van der Waals surface area contributed by atoms with E-state index >= 15 is 0 Å². The van der Waals surface area contributed by atoms with Gasteiger partial charge in [0.25, 0.3) is 5.91 Å². The van der Waals surface area contributed by atoms with Crippen molar-refractivity contribution in [3.63, 3.8) is 0 Å². The predicted octanol–water partition coefficient (Wildman–Crippen LogP) is 0.916. The van der Waals surface area contributed by atoms with Crippen LogP contribution in [0.5, 0.6) is 0 Å². The third-order valence-corrected chi connectivity index (χ3v) is 8.24. The second-order valence-electron chi connectivity index (χ2n) is 6.07. The Morgan fingerprint density at radius 1 is 1.45 bits per heavy atom. The Morgan fingerprint density at radius 2 is 2.24 bits per heavy atom. The third-order valence-electron chi connectivity index (χ3n) is 4.08. The van der Waals surface area contributed by atoms with Gasteiger partial charge in [0.05, 0.1) is 12.1 Å². The first-order valence-electron chi connectivity index (χ1n) is 8.22. The van der Waals surface area contributed by atoms with Gasteiger partial charge >= 0.3 is 5.97 Å². The fourth-order valence-corrected chi connectivity index (χ4v) is 6.90. The van der Waals surface area contributed by atoms with Crippen LogP contribution in [-0.2, 0) is 20.8 Å². The number of fused-ring (bicyclic) bond motifs is 1. The number of carboxylic acid groups (broad SMARTS) is 1. The van der Waals surface area contributed by atoms with Gasteiger partial charge in [-0.3, -0.25) is 14.5 Å². The molecule has 1 fully saturated rings. The number of nitrogen functional groups attached to an aromatic ring is 1. The highest BCUT2D eigenvalue weighted by Crippen LogP contribution is 2.45. The van der Waals surface area contributed by atoms with Crippen LogP contribution in [0.4, 0.5) is 5.13 Å². The van der Waals surface area contributed by atoms with E-state index in [4.69, 9.17) is 5.73 Å². The van der Waals surface area contributed by atoms with Crippen molar-refractivity contribution in [2.75, 3.05) is 11.5 Å². The number of carboxylic acids is 1. The summed E-state index contributed by atoms with van der Waals surface area (Å²) in [6, 6.07) is -0.770. The van der Waals surface area contributed by atoms with Crippen LogP contribution in [0.3, 0.4) is 0 Å². The van der Waals surface area contributed by atoms with Gasteiger partial charge in [-0.2, -0.15) is 0 Å². The van der Waals surface area contributed by atoms with E-state index < -0.39 is 23.3 Å². The zero-order valence-electron chi connectivity index (χ0n) is 14.8. The molecule has 0 unspecified atom stereocenters. The molecule has 4 rings (SSSR count). The largest absolute Gasteiger partial charge is 0.477 e. The number of rotatable bonds is 6. The van der Waals surface area contributed by atoms with Crippen LogP contribution in [0, 0.1) is 6.92 Å². The Bertz CT molecular complexity index is 1030. The number of nitrogens with zero attached hydrogens (tertiary/aromatic N) is 4. The number of carbonyl (C=O) groups excluding carboxylic acids is 2. The zero-order valence-corrected chi connectivity index (χ0v) is 18.1. The Hall–Kier alpha value is -2.16. The maximum absolute atomic E-state index is 12.6. The maximum atomic E-state index is 12.6. The molecule has 0 bridgehead atoms. The van der Waals surface area contributed by atoms with Crippen molar-refractivity contribution < 1.29 is 19.5 Å². The summed E-state index contributed by atoms with van der Waals surface area (Å²) in [5.74, 6) is -1.60. The van der Waals surface area contributed by atoms with Gasteiger partial charge in [0.15, 0.2) is 9.47 Å². The van der Waals surface area contributed by atoms with Crippen LogP contribution in [0.15, 0.2) is 20.3 Å². The minimum atomic E-state index is -1.19. The highest BCUT2D eigenvalue weighted by Gasteiger charge is 2.54. The zero-order chi connectivity index (χ0) is 20.7. The Balaban J connectivity index is 1.47. The molecular formula is C15H14N6O4S4. The summed E-state index contributed by atoms with van der Waals surface area (Å²) in [7, 11) is 0. The molecule has 4 N–H and O–H groups in total. The molecule has 2 aliphatic heterocycles. The molecule has 4 heterocycles. The van der Waals surface area contributed by atoms with E-state index in [0.29, 0.717) is 25.8 Å². The number of β-lactam (4-membered cyclic amide) rings is 1. The van der Waals surface area contributed by atoms with E-state index in [9.17, 15) is 19.5 Å². The number of aromatic nitrogens is 3. The number of nitrogens with one attached hydrogen (secondary N) is 1. The quantitative estimate of drug-likeness (QED) is 0.520. The average molecular weight is 471 g/mol. The van der Waals surface area contributed by atoms with Crippen molar-refractivity contribution in [3.05, 3.63) is 26.7 Å². The van der Waals surface area contributed by atoms with Crippen LogP contribution < -0.4 is 11.1 Å². The highest BCUT2D eigenvalue weighted by molar-refractivity contribution is 8.07. The summed E-state index contributed by atoms with van der Waals surface area (Å²) in [5.41, 5.74) is 6.03. The molecule has 2 aromatic heterocycles. The fraction of sp³-hybridized carbons (Fsp3) is 0.333. The molecule has 0 aromatic carbocycles. The van der Waals surface area contributed by atoms with Gasteiger partial charge < -0.3 is 16.2 Å². The number of nitrogens with two attached hydrogens (primary N) is 1. The lowest BCUT2D eigenvalue weighted by Crippen LogP contribution is -2.70. The fourth-order valence-electron chi connectivity index (χ4n) is 2.89. The second kappa shape index (κ2) is 7.93. The van der Waals surface area contributed by atoms with Gasteiger partial charge in [0.2, 0.25) is 5.91 Å². The first kappa shape index (κ1) is 20.1. The number of amides is 2. The Morgan fingerprint density at radius 3 is 2.86 bits per heavy atom. The van der Waals surface area contributed by atoms with Crippen LogP contribution in [0.1, 0.15) is 10.7 Å². The molecule has 0 saturated carbocycles. The van der Waals surface area contributed by atoms with Gasteiger partial charge in [-0.05, 0) is 6.92 Å². The highest BCUT2D eigenvalue weighted by atomic mass is 32.2. The molecule has 0 radical (unpaired) electrons. The number of hydrogen-bond acceptors (Lipinski definition) is 11. The predicted molar refractivity (Wildman–Crippen MR) is 110 cm³/mol. The molecule has 0 spiro atoms. The summed E-state index contributed by atoms with van der Waals surface area (Å²) < 4.78 is 0.621. The molecule has 1 saturated heterocycles. The third kappa shape index (κ3) is 3.97. The SMILES string of the molecule is Cc1nnc(SC2=C(C(=O)O)N3C(=O)[C@@H](NC(=O)Cc4csc(N)n4)[C@@H]3SC2)s1. The van der Waals surface area contributed by atoms with Crippen molar-refractivity contribution >= 4 is 69.1 Å². The Kier molecular flexibility index (Phi) is 5.50. The van der Waals surface area contributed by atoms with E-state index in [-0.39, 0.29) is 18.0 Å². The van der Waals surface area contributed by atoms with Gasteiger partial charge in [0.1, 0.15) is 22.1 Å². The summed E-state index contributed by atoms with van der Waals surface area (Å²) in [4.78, 5) is 42.5. The summed E-state index contributed by atoms with van der Waals surface area (Å²) in [5, 5.41) is 22.7. The van der Waals surface area contributed by atoms with Crippen molar-refractivity contribution in [3.8, 4) is 0 Å². The molecule has 2 atom stereocenters. The molecule has 14 heteroatoms. The normalized spacial score (nSPS) is 21.0. The van der Waals surface area contributed by atoms with E-state index in [0.717, 1.165) is 5.01 Å². The van der Waals surface area contributed by atoms with Crippen LogP contribution in [0.2, 0.25) is 0 Å². The molecule has 2 amide bonds. The lowest BCUT2D eigenvalue weighted by Gasteiger charge is -2.49. The van der Waals surface area contributed by atoms with Crippen LogP contribution in [0.25, 0.3) is 0 Å². The van der Waals surface area contributed by atoms with Crippen molar-refractivity contribution in [1.82, 2.24) is 25.4 Å². The molecule has 2 aromatic rings. The molecule has 0 aliphatic carbocycles. The standard InChI is InChI=1S/C15H14N6O4S4/c1-5-19-20-15(28-5)29-7-4-26-12-9(11(23)21(12)10(7)13(24)25)18-8(22)2-6-3-27-14(16)17-6/h3,9,12H,2,4H2,1H3,(H2,16,17)(H,18,22)(H,24,25)/t9-,12+/m1/s1. The van der Waals surface area contributed by atoms with Gasteiger partial charge in [0, 0.05) is 16.0 Å². The number of carbonyl (C=O) groups is 3. The summed E-state index contributed by atoms with van der Waals surface area (Å²) in [6.45, 7) is 1.81. The molecule has 10 nitrogen and oxygen atoms in total.